The summed E-state index contributed by atoms with van der Waals surface area (Å²) in [6.07, 6.45) is 8.58. The Hall–Kier alpha value is -3.03. The highest BCUT2D eigenvalue weighted by Crippen LogP contribution is 2.22. The van der Waals surface area contributed by atoms with Crippen LogP contribution in [0.1, 0.15) is 35.8 Å². The molecule has 1 saturated heterocycles. The molecule has 3 rings (SSSR count). The second-order valence-corrected chi connectivity index (χ2v) is 7.39. The van der Waals surface area contributed by atoms with E-state index in [-0.39, 0.29) is 12.0 Å². The highest BCUT2D eigenvalue weighted by atomic mass is 16.5. The zero-order valence-corrected chi connectivity index (χ0v) is 18.5. The van der Waals surface area contributed by atoms with Crippen molar-refractivity contribution in [1.82, 2.24) is 14.5 Å². The number of aromatic nitrogens is 2. The van der Waals surface area contributed by atoms with Gasteiger partial charge < -0.3 is 18.9 Å². The lowest BCUT2D eigenvalue weighted by atomic mass is 10.1. The van der Waals surface area contributed by atoms with Gasteiger partial charge in [-0.3, -0.25) is 9.79 Å². The number of hydrogen-bond donors (Lipinski definition) is 0. The van der Waals surface area contributed by atoms with Crippen LogP contribution in [-0.4, -0.2) is 52.9 Å². The van der Waals surface area contributed by atoms with Crippen molar-refractivity contribution >= 4 is 12.1 Å². The first-order valence-electron chi connectivity index (χ1n) is 10.4. The van der Waals surface area contributed by atoms with E-state index in [0.29, 0.717) is 18.0 Å². The third-order valence-corrected chi connectivity index (χ3v) is 5.35. The molecule has 7 nitrogen and oxygen atoms in total. The van der Waals surface area contributed by atoms with Gasteiger partial charge in [-0.1, -0.05) is 30.9 Å². The molecular formula is C24H30N4O3. The Kier molecular flexibility index (Phi) is 7.92. The summed E-state index contributed by atoms with van der Waals surface area (Å²) in [7, 11) is 3.56. The van der Waals surface area contributed by atoms with Crippen LogP contribution in [0.2, 0.25) is 0 Å². The number of hydrogen-bond acceptors (Lipinski definition) is 5. The average Bonchev–Trinajstić information content (AvgIpc) is 3.19. The van der Waals surface area contributed by atoms with Crippen molar-refractivity contribution in [2.24, 2.45) is 12.0 Å². The Morgan fingerprint density at radius 1 is 1.42 bits per heavy atom. The largest absolute Gasteiger partial charge is 0.381 e. The first-order chi connectivity index (χ1) is 15.0. The maximum atomic E-state index is 13.0. The van der Waals surface area contributed by atoms with Gasteiger partial charge in [0.05, 0.1) is 30.8 Å². The lowest BCUT2D eigenvalue weighted by Gasteiger charge is -2.22. The minimum atomic E-state index is -0.163. The van der Waals surface area contributed by atoms with E-state index in [9.17, 15) is 4.79 Å². The molecular weight excluding hydrogens is 392 g/mol. The van der Waals surface area contributed by atoms with Crippen LogP contribution < -0.4 is 0 Å². The second kappa shape index (κ2) is 10.8. The molecule has 31 heavy (non-hydrogen) atoms. The normalized spacial score (nSPS) is 15.4. The SMILES string of the molecule is C=CN=C/C(=C\C)N(C)C(=O)c1cnc(-c2cccc(COC3CCOCC3)c2)n1C. The summed E-state index contributed by atoms with van der Waals surface area (Å²) < 4.78 is 13.2. The van der Waals surface area contributed by atoms with Crippen molar-refractivity contribution in [3.05, 3.63) is 66.3 Å². The number of rotatable bonds is 8. The third-order valence-electron chi connectivity index (χ3n) is 5.35. The topological polar surface area (TPSA) is 69.0 Å². The fourth-order valence-corrected chi connectivity index (χ4v) is 3.51. The van der Waals surface area contributed by atoms with E-state index >= 15 is 0 Å². The van der Waals surface area contributed by atoms with Gasteiger partial charge in [0, 0.05) is 39.1 Å². The van der Waals surface area contributed by atoms with E-state index < -0.39 is 0 Å². The first kappa shape index (κ1) is 22.7. The van der Waals surface area contributed by atoms with Gasteiger partial charge in [0.2, 0.25) is 0 Å². The Labute approximate surface area is 183 Å². The Balaban J connectivity index is 1.75. The zero-order valence-electron chi connectivity index (χ0n) is 18.5. The molecule has 0 bridgehead atoms. The van der Waals surface area contributed by atoms with Gasteiger partial charge in [-0.2, -0.15) is 0 Å². The summed E-state index contributed by atoms with van der Waals surface area (Å²) in [5.41, 5.74) is 3.19. The average molecular weight is 423 g/mol. The molecule has 0 unspecified atom stereocenters. The molecule has 2 aromatic rings. The zero-order chi connectivity index (χ0) is 22.2. The minimum absolute atomic E-state index is 0.163. The maximum absolute atomic E-state index is 13.0. The Bertz CT molecular complexity index is 971. The van der Waals surface area contributed by atoms with Crippen molar-refractivity contribution in [3.8, 4) is 11.4 Å². The maximum Gasteiger partial charge on any atom is 0.276 e. The van der Waals surface area contributed by atoms with E-state index in [4.69, 9.17) is 9.47 Å². The van der Waals surface area contributed by atoms with Crippen LogP contribution in [0.3, 0.4) is 0 Å². The van der Waals surface area contributed by atoms with Crippen molar-refractivity contribution in [1.29, 1.82) is 0 Å². The predicted octanol–water partition coefficient (Wildman–Crippen LogP) is 3.97. The molecule has 0 radical (unpaired) electrons. The van der Waals surface area contributed by atoms with Crippen LogP contribution in [0.5, 0.6) is 0 Å². The molecule has 0 N–H and O–H groups in total. The van der Waals surface area contributed by atoms with Crippen LogP contribution in [0, 0.1) is 0 Å². The highest BCUT2D eigenvalue weighted by Gasteiger charge is 2.20. The predicted molar refractivity (Wildman–Crippen MR) is 122 cm³/mol. The van der Waals surface area contributed by atoms with Crippen LogP contribution in [-0.2, 0) is 23.1 Å². The summed E-state index contributed by atoms with van der Waals surface area (Å²) in [5.74, 6) is 0.565. The molecule has 1 aromatic carbocycles. The lowest BCUT2D eigenvalue weighted by Crippen LogP contribution is -2.28. The molecule has 0 spiro atoms. The van der Waals surface area contributed by atoms with Gasteiger partial charge in [-0.15, -0.1) is 0 Å². The molecule has 0 saturated carbocycles. The molecule has 164 valence electrons. The van der Waals surface area contributed by atoms with Crippen LogP contribution in [0.15, 0.2) is 60.0 Å². The Morgan fingerprint density at radius 2 is 2.19 bits per heavy atom. The summed E-state index contributed by atoms with van der Waals surface area (Å²) in [6, 6.07) is 8.09. The van der Waals surface area contributed by atoms with Gasteiger partial charge >= 0.3 is 0 Å². The first-order valence-corrected chi connectivity index (χ1v) is 10.4. The molecule has 7 heteroatoms. The fourth-order valence-electron chi connectivity index (χ4n) is 3.51. The number of carbonyl (C=O) groups excluding carboxylic acids is 1. The number of aliphatic imine (C=N–C) groups is 1. The molecule has 1 aromatic heterocycles. The van der Waals surface area contributed by atoms with E-state index in [1.807, 2.05) is 42.8 Å². The van der Waals surface area contributed by atoms with Gasteiger partial charge in [-0.25, -0.2) is 4.98 Å². The number of carbonyl (C=O) groups is 1. The van der Waals surface area contributed by atoms with E-state index in [2.05, 4.69) is 22.6 Å². The Morgan fingerprint density at radius 3 is 2.90 bits per heavy atom. The number of imidazole rings is 1. The summed E-state index contributed by atoms with van der Waals surface area (Å²) >= 11 is 0. The van der Waals surface area contributed by atoms with Crippen LogP contribution in [0.25, 0.3) is 11.4 Å². The monoisotopic (exact) mass is 422 g/mol. The quantitative estimate of drug-likeness (QED) is 0.604. The van der Waals surface area contributed by atoms with Crippen molar-refractivity contribution < 1.29 is 14.3 Å². The number of nitrogens with zero attached hydrogens (tertiary/aromatic N) is 4. The number of benzene rings is 1. The van der Waals surface area contributed by atoms with E-state index in [0.717, 1.165) is 43.0 Å². The molecule has 1 aliphatic heterocycles. The molecule has 2 heterocycles. The van der Waals surface area contributed by atoms with E-state index in [1.54, 1.807) is 24.4 Å². The van der Waals surface area contributed by atoms with Crippen molar-refractivity contribution in [2.45, 2.75) is 32.5 Å². The molecule has 1 fully saturated rings. The van der Waals surface area contributed by atoms with Gasteiger partial charge in [-0.05, 0) is 31.4 Å². The van der Waals surface area contributed by atoms with Gasteiger partial charge in [0.25, 0.3) is 5.91 Å². The van der Waals surface area contributed by atoms with Crippen molar-refractivity contribution in [2.75, 3.05) is 20.3 Å². The van der Waals surface area contributed by atoms with Crippen LogP contribution >= 0.6 is 0 Å². The van der Waals surface area contributed by atoms with Crippen LogP contribution in [0.4, 0.5) is 0 Å². The standard InChI is InChI=1S/C24H30N4O3/c1-5-20(15-25-6-2)27(3)24(29)22-16-26-23(28(22)4)19-9-7-8-18(14-19)17-31-21-10-12-30-13-11-21/h5-9,14-16,21H,2,10-13,17H2,1,3-4H3/b20-5+,25-15?. The second-order valence-electron chi connectivity index (χ2n) is 7.39. The van der Waals surface area contributed by atoms with Gasteiger partial charge in [0.1, 0.15) is 11.5 Å². The number of ether oxygens (including phenoxy) is 2. The third kappa shape index (κ3) is 5.57. The minimum Gasteiger partial charge on any atom is -0.381 e. The summed E-state index contributed by atoms with van der Waals surface area (Å²) in [6.45, 7) is 7.50. The lowest BCUT2D eigenvalue weighted by molar-refractivity contribution is -0.0390. The smallest absolute Gasteiger partial charge is 0.276 e. The fraction of sp³-hybridized carbons (Fsp3) is 0.375. The van der Waals surface area contributed by atoms with E-state index in [1.165, 1.54) is 6.20 Å². The number of amides is 1. The molecule has 1 amide bonds. The highest BCUT2D eigenvalue weighted by molar-refractivity contribution is 5.98. The molecule has 1 aliphatic rings. The van der Waals surface area contributed by atoms with Crippen molar-refractivity contribution in [3.63, 3.8) is 0 Å². The van der Waals surface area contributed by atoms with Gasteiger partial charge in [0.15, 0.2) is 0 Å². The summed E-state index contributed by atoms with van der Waals surface area (Å²) in [5, 5.41) is 0. The number of allylic oxidation sites excluding steroid dienone is 2. The molecule has 0 aliphatic carbocycles. The summed E-state index contributed by atoms with van der Waals surface area (Å²) in [4.78, 5) is 23.1. The molecule has 0 atom stereocenters.